The maximum atomic E-state index is 12.5. The van der Waals surface area contributed by atoms with Gasteiger partial charge in [-0.3, -0.25) is 0 Å². The van der Waals surface area contributed by atoms with E-state index in [0.717, 1.165) is 36.0 Å². The van der Waals surface area contributed by atoms with Gasteiger partial charge in [0.15, 0.2) is 17.7 Å². The summed E-state index contributed by atoms with van der Waals surface area (Å²) in [6.45, 7) is 7.45. The molecule has 3 rings (SSSR count). The van der Waals surface area contributed by atoms with E-state index in [1.54, 1.807) is 24.5 Å². The number of ether oxygens (including phenoxy) is 3. The monoisotopic (exact) mass is 529 g/mol. The largest absolute Gasteiger partial charge is 0.490 e. The Morgan fingerprint density at radius 2 is 1.51 bits per heavy atom. The van der Waals surface area contributed by atoms with Gasteiger partial charge in [-0.2, -0.15) is 5.26 Å². The minimum Gasteiger partial charge on any atom is -0.490 e. The molecule has 2 aromatic carbocycles. The predicted molar refractivity (Wildman–Crippen MR) is 152 cm³/mol. The first kappa shape index (κ1) is 29.8. The minimum absolute atomic E-state index is 0.0917. The van der Waals surface area contributed by atoms with E-state index in [-0.39, 0.29) is 6.61 Å². The molecule has 0 saturated carbocycles. The average Bonchev–Trinajstić information content (AvgIpc) is 2.97. The molecule has 7 nitrogen and oxygen atoms in total. The van der Waals surface area contributed by atoms with Gasteiger partial charge in [-0.05, 0) is 42.0 Å². The molecule has 2 unspecified atom stereocenters. The molecular formula is C32H39N3O4. The van der Waals surface area contributed by atoms with Crippen LogP contribution < -0.4 is 4.74 Å². The van der Waals surface area contributed by atoms with Gasteiger partial charge in [-0.25, -0.2) is 14.8 Å². The van der Waals surface area contributed by atoms with E-state index in [2.05, 4.69) is 36.8 Å². The maximum absolute atomic E-state index is 12.5. The summed E-state index contributed by atoms with van der Waals surface area (Å²) in [5, 5.41) is 9.29. The van der Waals surface area contributed by atoms with Gasteiger partial charge in [0.1, 0.15) is 6.61 Å². The number of carbonyl (C=O) groups is 1. The Balaban J connectivity index is 1.51. The number of nitriles is 1. The predicted octanol–water partition coefficient (Wildman–Crippen LogP) is 7.27. The van der Waals surface area contributed by atoms with E-state index in [1.807, 2.05) is 36.4 Å². The SMILES string of the molecule is CCCCCCOc1cnc(-c2ccc(-c3ccc(C(=O)OCC(C#N)OCC(C)CCC)cc3)cc2)nc1. The Morgan fingerprint density at radius 3 is 2.13 bits per heavy atom. The second-order valence-electron chi connectivity index (χ2n) is 9.75. The van der Waals surface area contributed by atoms with Crippen molar-refractivity contribution < 1.29 is 19.0 Å². The van der Waals surface area contributed by atoms with Gasteiger partial charge in [0.25, 0.3) is 0 Å². The number of aromatic nitrogens is 2. The standard InChI is InChI=1S/C32H39N3O4/c1-4-6-7-8-18-37-30-20-34-31(35-21-30)27-14-10-25(11-15-27)26-12-16-28(17-13-26)32(36)39-23-29(19-33)38-22-24(3)9-5-2/h10-17,20-21,24,29H,4-9,18,22-23H2,1-3H3. The van der Waals surface area contributed by atoms with Crippen molar-refractivity contribution in [1.82, 2.24) is 9.97 Å². The van der Waals surface area contributed by atoms with Crippen LogP contribution >= 0.6 is 0 Å². The van der Waals surface area contributed by atoms with Crippen LogP contribution in [0.15, 0.2) is 60.9 Å². The number of esters is 1. The second-order valence-corrected chi connectivity index (χ2v) is 9.75. The van der Waals surface area contributed by atoms with Gasteiger partial charge < -0.3 is 14.2 Å². The molecular weight excluding hydrogens is 490 g/mol. The molecule has 0 radical (unpaired) electrons. The van der Waals surface area contributed by atoms with Crippen LogP contribution in [0.1, 0.15) is 69.7 Å². The minimum atomic E-state index is -0.769. The fraction of sp³-hybridized carbons (Fsp3) is 0.438. The highest BCUT2D eigenvalue weighted by Crippen LogP contribution is 2.24. The highest BCUT2D eigenvalue weighted by Gasteiger charge is 2.15. The van der Waals surface area contributed by atoms with Gasteiger partial charge in [-0.1, -0.05) is 82.9 Å². The third kappa shape index (κ3) is 9.81. The Hall–Kier alpha value is -3.76. The van der Waals surface area contributed by atoms with Gasteiger partial charge in [0.05, 0.1) is 37.2 Å². The lowest BCUT2D eigenvalue weighted by molar-refractivity contribution is 0.00383. The molecule has 0 spiro atoms. The lowest BCUT2D eigenvalue weighted by Gasteiger charge is -2.15. The van der Waals surface area contributed by atoms with E-state index >= 15 is 0 Å². The first-order valence-corrected chi connectivity index (χ1v) is 13.9. The average molecular weight is 530 g/mol. The molecule has 0 aliphatic rings. The van der Waals surface area contributed by atoms with Crippen LogP contribution in [0.2, 0.25) is 0 Å². The van der Waals surface area contributed by atoms with Gasteiger partial charge >= 0.3 is 5.97 Å². The van der Waals surface area contributed by atoms with Crippen molar-refractivity contribution in [3.63, 3.8) is 0 Å². The summed E-state index contributed by atoms with van der Waals surface area (Å²) in [6.07, 6.45) is 9.39. The zero-order chi connectivity index (χ0) is 27.9. The molecule has 1 aromatic heterocycles. The molecule has 7 heteroatoms. The van der Waals surface area contributed by atoms with Crippen LogP contribution in [0, 0.1) is 17.2 Å². The van der Waals surface area contributed by atoms with Crippen molar-refractivity contribution in [1.29, 1.82) is 5.26 Å². The number of nitrogens with zero attached hydrogens (tertiary/aromatic N) is 3. The molecule has 1 heterocycles. The van der Waals surface area contributed by atoms with E-state index in [1.165, 1.54) is 19.3 Å². The van der Waals surface area contributed by atoms with Crippen molar-refractivity contribution in [2.75, 3.05) is 19.8 Å². The Bertz CT molecular complexity index is 1170. The van der Waals surface area contributed by atoms with E-state index in [0.29, 0.717) is 36.3 Å². The lowest BCUT2D eigenvalue weighted by Crippen LogP contribution is -2.23. The Labute approximate surface area is 232 Å². The number of hydrogen-bond donors (Lipinski definition) is 0. The van der Waals surface area contributed by atoms with Crippen LogP contribution in [0.25, 0.3) is 22.5 Å². The molecule has 0 bridgehead atoms. The Kier molecular flexibility index (Phi) is 12.4. The van der Waals surface area contributed by atoms with Crippen LogP contribution in [0.3, 0.4) is 0 Å². The Morgan fingerprint density at radius 1 is 0.872 bits per heavy atom. The summed E-state index contributed by atoms with van der Waals surface area (Å²) in [4.78, 5) is 21.4. The summed E-state index contributed by atoms with van der Waals surface area (Å²) in [5.74, 6) is 1.20. The summed E-state index contributed by atoms with van der Waals surface area (Å²) < 4.78 is 16.6. The quantitative estimate of drug-likeness (QED) is 0.142. The molecule has 39 heavy (non-hydrogen) atoms. The van der Waals surface area contributed by atoms with Gasteiger partial charge in [-0.15, -0.1) is 0 Å². The number of rotatable bonds is 16. The second kappa shape index (κ2) is 16.3. The molecule has 0 fully saturated rings. The zero-order valence-corrected chi connectivity index (χ0v) is 23.3. The van der Waals surface area contributed by atoms with Gasteiger partial charge in [0, 0.05) is 5.56 Å². The van der Waals surface area contributed by atoms with Crippen LogP contribution in [-0.2, 0) is 9.47 Å². The highest BCUT2D eigenvalue weighted by atomic mass is 16.6. The normalized spacial score (nSPS) is 12.4. The molecule has 0 aliphatic heterocycles. The molecule has 0 aliphatic carbocycles. The fourth-order valence-electron chi connectivity index (χ4n) is 4.08. The summed E-state index contributed by atoms with van der Waals surface area (Å²) in [5.41, 5.74) is 3.30. The number of unbranched alkanes of at least 4 members (excludes halogenated alkanes) is 3. The summed E-state index contributed by atoms with van der Waals surface area (Å²) in [7, 11) is 0. The lowest BCUT2D eigenvalue weighted by atomic mass is 10.0. The van der Waals surface area contributed by atoms with E-state index < -0.39 is 12.1 Å². The molecule has 0 saturated heterocycles. The third-order valence-electron chi connectivity index (χ3n) is 6.36. The van der Waals surface area contributed by atoms with Crippen LogP contribution in [-0.4, -0.2) is 41.9 Å². The van der Waals surface area contributed by atoms with E-state index in [9.17, 15) is 10.1 Å². The topological polar surface area (TPSA) is 94.3 Å². The third-order valence-corrected chi connectivity index (χ3v) is 6.36. The first-order chi connectivity index (χ1) is 19.0. The van der Waals surface area contributed by atoms with E-state index in [4.69, 9.17) is 14.2 Å². The molecule has 0 N–H and O–H groups in total. The van der Waals surface area contributed by atoms with Crippen molar-refractivity contribution in [2.45, 2.75) is 65.4 Å². The molecule has 206 valence electrons. The fourth-order valence-corrected chi connectivity index (χ4v) is 4.08. The first-order valence-electron chi connectivity index (χ1n) is 13.9. The van der Waals surface area contributed by atoms with Crippen molar-refractivity contribution in [3.8, 4) is 34.3 Å². The highest BCUT2D eigenvalue weighted by molar-refractivity contribution is 5.90. The zero-order valence-electron chi connectivity index (χ0n) is 23.3. The van der Waals surface area contributed by atoms with Crippen LogP contribution in [0.5, 0.6) is 5.75 Å². The molecule has 3 aromatic rings. The molecule has 2 atom stereocenters. The number of carbonyl (C=O) groups excluding carboxylic acids is 1. The smallest absolute Gasteiger partial charge is 0.338 e. The maximum Gasteiger partial charge on any atom is 0.338 e. The van der Waals surface area contributed by atoms with Gasteiger partial charge in [0.2, 0.25) is 0 Å². The number of benzene rings is 2. The van der Waals surface area contributed by atoms with Crippen molar-refractivity contribution in [2.24, 2.45) is 5.92 Å². The van der Waals surface area contributed by atoms with Crippen LogP contribution in [0.4, 0.5) is 0 Å². The summed E-state index contributed by atoms with van der Waals surface area (Å²) >= 11 is 0. The summed E-state index contributed by atoms with van der Waals surface area (Å²) in [6, 6.07) is 17.2. The van der Waals surface area contributed by atoms with Crippen molar-refractivity contribution >= 4 is 5.97 Å². The van der Waals surface area contributed by atoms with Crippen molar-refractivity contribution in [3.05, 3.63) is 66.5 Å². The number of hydrogen-bond acceptors (Lipinski definition) is 7. The molecule has 0 amide bonds.